The third kappa shape index (κ3) is 5.15. The maximum Gasteiger partial charge on any atom is 0.267 e. The molecule has 198 valence electrons. The van der Waals surface area contributed by atoms with E-state index in [0.717, 1.165) is 49.0 Å². The summed E-state index contributed by atoms with van der Waals surface area (Å²) in [7, 11) is -3.73. The summed E-state index contributed by atoms with van der Waals surface area (Å²) in [5.74, 6) is -1.24. The second-order valence-corrected chi connectivity index (χ2v) is 13.9. The summed E-state index contributed by atoms with van der Waals surface area (Å²) in [6.45, 7) is 4.60. The number of amides is 1. The second-order valence-electron chi connectivity index (χ2n) is 11.0. The molecule has 1 amide bonds. The number of likely N-dealkylation sites (tertiary alicyclic amines) is 2. The number of carbonyl (C=O) groups is 1. The highest BCUT2D eigenvalue weighted by Gasteiger charge is 2.45. The number of nitrogens with zero attached hydrogens (tertiary/aromatic N) is 2. The summed E-state index contributed by atoms with van der Waals surface area (Å²) in [5.41, 5.74) is 2.79. The summed E-state index contributed by atoms with van der Waals surface area (Å²) >= 11 is 12.5. The number of fused-ring (bicyclic) bond motifs is 2. The van der Waals surface area contributed by atoms with E-state index in [-0.39, 0.29) is 11.6 Å². The molecule has 1 N–H and O–H groups in total. The molecule has 4 aliphatic rings. The van der Waals surface area contributed by atoms with Crippen LogP contribution in [0, 0.1) is 5.82 Å². The number of carbonyl (C=O) groups excluding carboxylic acids is 1. The molecule has 0 aromatic heterocycles. The summed E-state index contributed by atoms with van der Waals surface area (Å²) in [5, 5.41) is 0.736. The highest BCUT2D eigenvalue weighted by atomic mass is 35.5. The molecule has 2 aliphatic carbocycles. The number of nitrogens with one attached hydrogen (secondary N) is 1. The minimum absolute atomic E-state index is 0.182. The predicted molar refractivity (Wildman–Crippen MR) is 142 cm³/mol. The minimum atomic E-state index is -3.73. The molecule has 2 aromatic carbocycles. The molecule has 2 bridgehead atoms. The van der Waals surface area contributed by atoms with Crippen molar-refractivity contribution in [3.05, 3.63) is 68.4 Å². The van der Waals surface area contributed by atoms with Gasteiger partial charge in [-0.2, -0.15) is 0 Å². The predicted octanol–water partition coefficient (Wildman–Crippen LogP) is 5.25. The van der Waals surface area contributed by atoms with E-state index in [9.17, 15) is 13.2 Å². The Labute approximate surface area is 227 Å². The molecule has 2 saturated carbocycles. The summed E-state index contributed by atoms with van der Waals surface area (Å²) in [4.78, 5) is 17.6. The van der Waals surface area contributed by atoms with E-state index >= 15 is 4.39 Å². The maximum absolute atomic E-state index is 15.1. The van der Waals surface area contributed by atoms with Crippen molar-refractivity contribution in [1.29, 1.82) is 0 Å². The first-order chi connectivity index (χ1) is 17.6. The van der Waals surface area contributed by atoms with Crippen LogP contribution in [0.2, 0.25) is 10.0 Å². The van der Waals surface area contributed by atoms with Gasteiger partial charge in [0.15, 0.2) is 0 Å². The Hall–Kier alpha value is -1.71. The molecule has 2 aliphatic heterocycles. The third-order valence-electron chi connectivity index (χ3n) is 8.32. The smallest absolute Gasteiger partial charge is 0.267 e. The lowest BCUT2D eigenvalue weighted by molar-refractivity contribution is 0.0935. The second kappa shape index (κ2) is 9.49. The minimum Gasteiger partial charge on any atom is -0.293 e. The molecule has 6 rings (SSSR count). The zero-order valence-corrected chi connectivity index (χ0v) is 22.9. The molecular weight excluding hydrogens is 536 g/mol. The van der Waals surface area contributed by atoms with E-state index in [2.05, 4.69) is 21.4 Å². The number of rotatable bonds is 8. The van der Waals surface area contributed by atoms with Crippen molar-refractivity contribution in [2.75, 3.05) is 13.1 Å². The number of sulfonamides is 1. The van der Waals surface area contributed by atoms with Crippen LogP contribution in [0.5, 0.6) is 0 Å². The van der Waals surface area contributed by atoms with Crippen molar-refractivity contribution in [3.63, 3.8) is 0 Å². The van der Waals surface area contributed by atoms with Crippen LogP contribution in [-0.2, 0) is 16.6 Å². The van der Waals surface area contributed by atoms with Crippen molar-refractivity contribution in [3.8, 4) is 0 Å². The SMILES string of the molecule is CC(c1cc(Cl)cc(Cl)c1)N1C[C@@H]2C[C@H]1CN2Cc1cc(F)c(C(=O)NS(=O)(=O)C2CC2)cc1C1CC1. The first-order valence-electron chi connectivity index (χ1n) is 12.9. The van der Waals surface area contributed by atoms with Crippen molar-refractivity contribution < 1.29 is 17.6 Å². The van der Waals surface area contributed by atoms with Crippen LogP contribution < -0.4 is 4.72 Å². The van der Waals surface area contributed by atoms with Gasteiger partial charge in [-0.1, -0.05) is 23.2 Å². The van der Waals surface area contributed by atoms with E-state index in [1.807, 2.05) is 12.1 Å². The number of benzene rings is 2. The average molecular weight is 567 g/mol. The van der Waals surface area contributed by atoms with Crippen LogP contribution in [0.4, 0.5) is 4.39 Å². The topological polar surface area (TPSA) is 69.7 Å². The van der Waals surface area contributed by atoms with Gasteiger partial charge in [-0.3, -0.25) is 14.6 Å². The fourth-order valence-corrected chi connectivity index (χ4v) is 7.87. The van der Waals surface area contributed by atoms with Crippen molar-refractivity contribution in [1.82, 2.24) is 14.5 Å². The summed E-state index contributed by atoms with van der Waals surface area (Å²) < 4.78 is 41.6. The van der Waals surface area contributed by atoms with E-state index < -0.39 is 27.0 Å². The number of halogens is 3. The van der Waals surface area contributed by atoms with E-state index in [4.69, 9.17) is 23.2 Å². The van der Waals surface area contributed by atoms with Gasteiger partial charge in [0.25, 0.3) is 5.91 Å². The standard InChI is InChI=1S/C27H30Cl2FN3O3S/c1-15(17-6-19(28)9-20(29)7-17)33-14-21-10-22(33)13-32(21)12-18-8-26(30)25(11-24(18)16-2-3-16)27(34)31-37(35,36)23-4-5-23/h6-9,11,15-16,21-23H,2-5,10,12-14H2,1H3,(H,31,34)/t15?,21-,22-/m0/s1. The lowest BCUT2D eigenvalue weighted by atomic mass is 9.98. The van der Waals surface area contributed by atoms with Crippen LogP contribution in [0.1, 0.15) is 78.0 Å². The molecule has 1 unspecified atom stereocenters. The molecule has 10 heteroatoms. The zero-order valence-electron chi connectivity index (χ0n) is 20.6. The lowest BCUT2D eigenvalue weighted by Crippen LogP contribution is -2.46. The highest BCUT2D eigenvalue weighted by molar-refractivity contribution is 7.91. The van der Waals surface area contributed by atoms with E-state index in [1.54, 1.807) is 12.1 Å². The van der Waals surface area contributed by atoms with Crippen molar-refractivity contribution in [2.45, 2.75) is 74.9 Å². The Morgan fingerprint density at radius 3 is 2.35 bits per heavy atom. The Morgan fingerprint density at radius 2 is 1.76 bits per heavy atom. The van der Waals surface area contributed by atoms with Gasteiger partial charge in [0.05, 0.1) is 10.8 Å². The van der Waals surface area contributed by atoms with Gasteiger partial charge >= 0.3 is 0 Å². The summed E-state index contributed by atoms with van der Waals surface area (Å²) in [6.07, 6.45) is 4.13. The van der Waals surface area contributed by atoms with Crippen LogP contribution >= 0.6 is 23.2 Å². The quantitative estimate of drug-likeness (QED) is 0.473. The van der Waals surface area contributed by atoms with E-state index in [1.165, 1.54) is 6.07 Å². The van der Waals surface area contributed by atoms with Crippen LogP contribution in [0.15, 0.2) is 30.3 Å². The van der Waals surface area contributed by atoms with Gasteiger partial charge < -0.3 is 0 Å². The first kappa shape index (κ1) is 25.6. The Kier molecular flexibility index (Phi) is 6.55. The molecule has 6 nitrogen and oxygen atoms in total. The van der Waals surface area contributed by atoms with Gasteiger partial charge in [0.2, 0.25) is 10.0 Å². The number of hydrogen-bond donors (Lipinski definition) is 1. The first-order valence-corrected chi connectivity index (χ1v) is 15.2. The lowest BCUT2D eigenvalue weighted by Gasteiger charge is -2.38. The Balaban J connectivity index is 1.17. The molecule has 3 atom stereocenters. The molecule has 2 saturated heterocycles. The Bertz CT molecular complexity index is 1340. The zero-order chi connectivity index (χ0) is 26.1. The highest BCUT2D eigenvalue weighted by Crippen LogP contribution is 2.44. The third-order valence-corrected chi connectivity index (χ3v) is 10.6. The van der Waals surface area contributed by atoms with Crippen molar-refractivity contribution in [2.24, 2.45) is 0 Å². The van der Waals surface area contributed by atoms with Gasteiger partial charge in [0.1, 0.15) is 5.82 Å². The Morgan fingerprint density at radius 1 is 1.05 bits per heavy atom. The molecule has 0 spiro atoms. The van der Waals surface area contributed by atoms with E-state index in [0.29, 0.717) is 47.4 Å². The van der Waals surface area contributed by atoms with Gasteiger partial charge in [-0.05, 0) is 92.0 Å². The van der Waals surface area contributed by atoms with Crippen molar-refractivity contribution >= 4 is 39.1 Å². The molecular formula is C27H30Cl2FN3O3S. The molecule has 2 heterocycles. The van der Waals surface area contributed by atoms with Gasteiger partial charge in [-0.15, -0.1) is 0 Å². The van der Waals surface area contributed by atoms with Crippen LogP contribution in [-0.4, -0.2) is 54.5 Å². The fraction of sp³-hybridized carbons (Fsp3) is 0.519. The van der Waals surface area contributed by atoms with Gasteiger partial charge in [-0.25, -0.2) is 17.5 Å². The monoisotopic (exact) mass is 565 g/mol. The molecule has 4 fully saturated rings. The number of piperazine rings is 1. The van der Waals surface area contributed by atoms with Gasteiger partial charge in [0, 0.05) is 47.8 Å². The van der Waals surface area contributed by atoms with Crippen LogP contribution in [0.3, 0.4) is 0 Å². The largest absolute Gasteiger partial charge is 0.293 e. The number of hydrogen-bond acceptors (Lipinski definition) is 5. The molecule has 37 heavy (non-hydrogen) atoms. The summed E-state index contributed by atoms with van der Waals surface area (Å²) in [6, 6.07) is 9.68. The fourth-order valence-electron chi connectivity index (χ4n) is 6.04. The molecule has 2 aromatic rings. The van der Waals surface area contributed by atoms with Crippen LogP contribution in [0.25, 0.3) is 0 Å². The maximum atomic E-state index is 15.1. The molecule has 0 radical (unpaired) electrons. The normalized spacial score (nSPS) is 25.0. The average Bonchev–Trinajstić information content (AvgIpc) is 3.75.